The molecule has 1 aromatic carbocycles. The lowest BCUT2D eigenvalue weighted by Gasteiger charge is -2.25. The van der Waals surface area contributed by atoms with Gasteiger partial charge >= 0.3 is 0 Å². The molecule has 1 aliphatic heterocycles. The maximum atomic E-state index is 3.83. The number of alkyl halides is 1. The fourth-order valence-electron chi connectivity index (χ4n) is 2.44. The Bertz CT molecular complexity index is 394. The molecule has 0 nitrogen and oxygen atoms in total. The van der Waals surface area contributed by atoms with Crippen LogP contribution in [-0.4, -0.2) is 10.6 Å². The molecule has 0 radical (unpaired) electrons. The largest absolute Gasteiger partial charge is 0.125 e. The maximum absolute atomic E-state index is 3.83. The zero-order chi connectivity index (χ0) is 13.2. The molecule has 1 aliphatic rings. The van der Waals surface area contributed by atoms with E-state index in [4.69, 9.17) is 0 Å². The summed E-state index contributed by atoms with van der Waals surface area (Å²) < 4.78 is 0. The molecule has 0 aromatic heterocycles. The van der Waals surface area contributed by atoms with E-state index in [0.29, 0.717) is 10.2 Å². The molecule has 2 atom stereocenters. The van der Waals surface area contributed by atoms with Gasteiger partial charge in [-0.15, -0.1) is 11.8 Å². The van der Waals surface area contributed by atoms with Crippen LogP contribution in [0.2, 0.25) is 0 Å². The van der Waals surface area contributed by atoms with Gasteiger partial charge in [0, 0.05) is 15.5 Å². The molecule has 0 fully saturated rings. The van der Waals surface area contributed by atoms with Gasteiger partial charge in [0.25, 0.3) is 0 Å². The lowest BCUT2D eigenvalue weighted by Crippen LogP contribution is -2.20. The summed E-state index contributed by atoms with van der Waals surface area (Å²) >= 11 is 5.86. The Morgan fingerprint density at radius 3 is 2.78 bits per heavy atom. The number of benzene rings is 1. The highest BCUT2D eigenvalue weighted by atomic mass is 79.9. The van der Waals surface area contributed by atoms with Gasteiger partial charge < -0.3 is 0 Å². The van der Waals surface area contributed by atoms with Gasteiger partial charge in [-0.05, 0) is 35.8 Å². The Labute approximate surface area is 124 Å². The zero-order valence-electron chi connectivity index (χ0n) is 11.6. The van der Waals surface area contributed by atoms with Crippen molar-refractivity contribution in [2.45, 2.75) is 55.7 Å². The summed E-state index contributed by atoms with van der Waals surface area (Å²) in [4.78, 5) is 2.14. The average molecular weight is 327 g/mol. The molecule has 0 saturated carbocycles. The van der Waals surface area contributed by atoms with E-state index in [1.807, 2.05) is 11.8 Å². The molecule has 1 aromatic rings. The van der Waals surface area contributed by atoms with Crippen molar-refractivity contribution >= 4 is 27.7 Å². The standard InChI is InChI=1S/C16H23BrS/c1-16(2,3)15(17)10-6-7-12-11-18-14-9-5-4-8-13(12)14/h4-5,8-9,12,15H,6-7,10-11H2,1-3H3. The van der Waals surface area contributed by atoms with Crippen LogP contribution < -0.4 is 0 Å². The molecule has 0 bridgehead atoms. The van der Waals surface area contributed by atoms with Crippen molar-refractivity contribution in [2.75, 3.05) is 5.75 Å². The molecular formula is C16H23BrS. The third-order valence-corrected chi connectivity index (χ3v) is 6.83. The molecule has 0 amide bonds. The normalized spacial score (nSPS) is 20.8. The number of thioether (sulfide) groups is 1. The Morgan fingerprint density at radius 1 is 1.33 bits per heavy atom. The molecule has 0 N–H and O–H groups in total. The Balaban J connectivity index is 1.83. The van der Waals surface area contributed by atoms with Crippen LogP contribution in [0.5, 0.6) is 0 Å². The van der Waals surface area contributed by atoms with Crippen molar-refractivity contribution in [1.29, 1.82) is 0 Å². The van der Waals surface area contributed by atoms with E-state index in [-0.39, 0.29) is 0 Å². The van der Waals surface area contributed by atoms with Gasteiger partial charge in [0.15, 0.2) is 0 Å². The highest BCUT2D eigenvalue weighted by molar-refractivity contribution is 9.09. The predicted octanol–water partition coefficient (Wildman–Crippen LogP) is 5.86. The minimum absolute atomic E-state index is 0.377. The molecule has 0 aliphatic carbocycles. The van der Waals surface area contributed by atoms with Gasteiger partial charge in [-0.3, -0.25) is 0 Å². The second-order valence-electron chi connectivity index (χ2n) is 6.31. The van der Waals surface area contributed by atoms with Crippen LogP contribution in [0.1, 0.15) is 51.5 Å². The second kappa shape index (κ2) is 6.00. The molecule has 2 rings (SSSR count). The fourth-order valence-corrected chi connectivity index (χ4v) is 4.07. The first-order valence-electron chi connectivity index (χ1n) is 6.84. The number of halogens is 1. The summed E-state index contributed by atoms with van der Waals surface area (Å²) in [5.41, 5.74) is 1.96. The fraction of sp³-hybridized carbons (Fsp3) is 0.625. The monoisotopic (exact) mass is 326 g/mol. The first-order valence-corrected chi connectivity index (χ1v) is 8.74. The first-order chi connectivity index (χ1) is 8.48. The van der Waals surface area contributed by atoms with Gasteiger partial charge in [-0.2, -0.15) is 0 Å². The molecule has 0 saturated heterocycles. The molecule has 100 valence electrons. The smallest absolute Gasteiger partial charge is 0.0194 e. The van der Waals surface area contributed by atoms with Gasteiger partial charge in [0.1, 0.15) is 0 Å². The van der Waals surface area contributed by atoms with E-state index in [1.165, 1.54) is 29.9 Å². The van der Waals surface area contributed by atoms with E-state index in [9.17, 15) is 0 Å². The minimum atomic E-state index is 0.377. The van der Waals surface area contributed by atoms with Crippen molar-refractivity contribution in [3.8, 4) is 0 Å². The number of hydrogen-bond acceptors (Lipinski definition) is 1. The van der Waals surface area contributed by atoms with E-state index >= 15 is 0 Å². The first kappa shape index (κ1) is 14.5. The lowest BCUT2D eigenvalue weighted by molar-refractivity contribution is 0.375. The van der Waals surface area contributed by atoms with Crippen molar-refractivity contribution in [3.63, 3.8) is 0 Å². The third-order valence-electron chi connectivity index (χ3n) is 3.75. The maximum Gasteiger partial charge on any atom is 0.0194 e. The van der Waals surface area contributed by atoms with E-state index in [0.717, 1.165) is 5.92 Å². The summed E-state index contributed by atoms with van der Waals surface area (Å²) in [7, 11) is 0. The third kappa shape index (κ3) is 3.54. The average Bonchev–Trinajstić information content (AvgIpc) is 2.71. The van der Waals surface area contributed by atoms with Gasteiger partial charge in [-0.1, -0.05) is 61.3 Å². The summed E-state index contributed by atoms with van der Waals surface area (Å²) in [5, 5.41) is 0. The van der Waals surface area contributed by atoms with Gasteiger partial charge in [0.2, 0.25) is 0 Å². The lowest BCUT2D eigenvalue weighted by atomic mass is 9.87. The summed E-state index contributed by atoms with van der Waals surface area (Å²) in [5.74, 6) is 2.06. The van der Waals surface area contributed by atoms with Crippen LogP contribution in [0.4, 0.5) is 0 Å². The van der Waals surface area contributed by atoms with Crippen LogP contribution >= 0.6 is 27.7 Å². The summed E-state index contributed by atoms with van der Waals surface area (Å²) in [6.45, 7) is 6.94. The van der Waals surface area contributed by atoms with Crippen molar-refractivity contribution in [3.05, 3.63) is 29.8 Å². The van der Waals surface area contributed by atoms with Gasteiger partial charge in [0.05, 0.1) is 0 Å². The van der Waals surface area contributed by atoms with Crippen LogP contribution in [0.15, 0.2) is 29.2 Å². The van der Waals surface area contributed by atoms with Crippen molar-refractivity contribution in [1.82, 2.24) is 0 Å². The van der Waals surface area contributed by atoms with E-state index in [2.05, 4.69) is 61.0 Å². The van der Waals surface area contributed by atoms with Crippen LogP contribution in [0.3, 0.4) is 0 Å². The van der Waals surface area contributed by atoms with E-state index in [1.54, 1.807) is 5.56 Å². The number of fused-ring (bicyclic) bond motifs is 1. The molecule has 0 spiro atoms. The molecule has 2 unspecified atom stereocenters. The summed E-state index contributed by atoms with van der Waals surface area (Å²) in [6.07, 6.45) is 3.95. The van der Waals surface area contributed by atoms with Crippen molar-refractivity contribution < 1.29 is 0 Å². The number of rotatable bonds is 4. The topological polar surface area (TPSA) is 0 Å². The second-order valence-corrected chi connectivity index (χ2v) is 8.48. The molecule has 1 heterocycles. The van der Waals surface area contributed by atoms with Crippen molar-refractivity contribution in [2.24, 2.45) is 5.41 Å². The Morgan fingerprint density at radius 2 is 2.06 bits per heavy atom. The highest BCUT2D eigenvalue weighted by Gasteiger charge is 2.24. The predicted molar refractivity (Wildman–Crippen MR) is 85.9 cm³/mol. The highest BCUT2D eigenvalue weighted by Crippen LogP contribution is 2.42. The summed E-state index contributed by atoms with van der Waals surface area (Å²) in [6, 6.07) is 8.92. The number of hydrogen-bond donors (Lipinski definition) is 0. The minimum Gasteiger partial charge on any atom is -0.125 e. The van der Waals surface area contributed by atoms with Gasteiger partial charge in [-0.25, -0.2) is 0 Å². The SMILES string of the molecule is CC(C)(C)C(Br)CCCC1CSc2ccccc21. The molecule has 18 heavy (non-hydrogen) atoms. The Hall–Kier alpha value is 0.0500. The van der Waals surface area contributed by atoms with Crippen LogP contribution in [0.25, 0.3) is 0 Å². The molecule has 2 heteroatoms. The quantitative estimate of drug-likeness (QED) is 0.625. The Kier molecular flexibility index (Phi) is 4.82. The zero-order valence-corrected chi connectivity index (χ0v) is 14.0. The van der Waals surface area contributed by atoms with Crippen LogP contribution in [0, 0.1) is 5.41 Å². The molecular weight excluding hydrogens is 304 g/mol. The van der Waals surface area contributed by atoms with Crippen LogP contribution in [-0.2, 0) is 0 Å². The van der Waals surface area contributed by atoms with E-state index < -0.39 is 0 Å².